The molecule has 12 aromatic rings. The van der Waals surface area contributed by atoms with Crippen LogP contribution in [0.3, 0.4) is 0 Å². The van der Waals surface area contributed by atoms with Crippen LogP contribution >= 0.6 is 0 Å². The Morgan fingerprint density at radius 3 is 0.875 bits per heavy atom. The van der Waals surface area contributed by atoms with Gasteiger partial charge in [0.15, 0.2) is 0 Å². The molecule has 0 N–H and O–H groups in total. The predicted octanol–water partition coefficient (Wildman–Crippen LogP) is 14.2. The summed E-state index contributed by atoms with van der Waals surface area (Å²) in [5.74, 6) is 1.08. The van der Waals surface area contributed by atoms with Gasteiger partial charge < -0.3 is 24.8 Å². The molecular weight excluding hydrogens is 1010 g/mol. The van der Waals surface area contributed by atoms with Crippen molar-refractivity contribution in [2.24, 2.45) is 0 Å². The molecule has 0 amide bonds. The summed E-state index contributed by atoms with van der Waals surface area (Å²) in [6, 6.07) is 80.6. The van der Waals surface area contributed by atoms with Gasteiger partial charge in [-0.3, -0.25) is 0 Å². The molecule has 0 aliphatic rings. The van der Waals surface area contributed by atoms with Crippen molar-refractivity contribution in [2.45, 2.75) is 65.5 Å². The van der Waals surface area contributed by atoms with E-state index >= 15 is 0 Å². The zero-order valence-electron chi connectivity index (χ0n) is 42.1. The van der Waals surface area contributed by atoms with Crippen molar-refractivity contribution in [1.82, 2.24) is 0 Å². The van der Waals surface area contributed by atoms with Crippen LogP contribution in [0.15, 0.2) is 218 Å². The van der Waals surface area contributed by atoms with Gasteiger partial charge in [0.25, 0.3) is 0 Å². The van der Waals surface area contributed by atoms with Gasteiger partial charge in [-0.2, -0.15) is 12.1 Å². The van der Waals surface area contributed by atoms with Crippen molar-refractivity contribution < 1.29 is 48.1 Å². The van der Waals surface area contributed by atoms with E-state index in [2.05, 4.69) is 259 Å². The minimum Gasteiger partial charge on any atom is -1.00 e. The van der Waals surface area contributed by atoms with Crippen molar-refractivity contribution in [2.75, 3.05) is 0 Å². The van der Waals surface area contributed by atoms with Gasteiger partial charge in [-0.05, 0) is 66.1 Å². The Morgan fingerprint density at radius 1 is 0.347 bits per heavy atom. The molecule has 0 nitrogen and oxygen atoms in total. The van der Waals surface area contributed by atoms with E-state index in [4.69, 9.17) is 0 Å². The second-order valence-electron chi connectivity index (χ2n) is 19.3. The largest absolute Gasteiger partial charge is 1.00 e. The summed E-state index contributed by atoms with van der Waals surface area (Å²) in [4.78, 5) is 0. The first-order valence-corrected chi connectivity index (χ1v) is 31.3. The standard InChI is InChI=1S/2C33H27.C2H6Si.2ClH.Zr/c2*1-3-22(2)25-20-32-30(28-16-8-12-23-10-4-6-14-26(23)28)18-19-31(33(32)21-25)29-17-9-13-24-11-5-7-15-27(24)29;1-3-2;;;/h2*4-22H,3H2,1-2H3;1-2H3;2*1H;/q2*-1;;;;+2/p-2. The van der Waals surface area contributed by atoms with Gasteiger partial charge in [-0.25, -0.2) is 0 Å². The van der Waals surface area contributed by atoms with Crippen LogP contribution in [0.25, 0.3) is 109 Å². The summed E-state index contributed by atoms with van der Waals surface area (Å²) in [5.41, 5.74) is 13.6. The second kappa shape index (κ2) is 23.3. The quantitative estimate of drug-likeness (QED) is 0.105. The van der Waals surface area contributed by atoms with E-state index in [0.29, 0.717) is 11.8 Å². The van der Waals surface area contributed by atoms with E-state index < -0.39 is 0 Å². The number of hydrogen-bond acceptors (Lipinski definition) is 0. The topological polar surface area (TPSA) is 0 Å². The van der Waals surface area contributed by atoms with Crippen LogP contribution in [-0.4, -0.2) is 5.43 Å². The van der Waals surface area contributed by atoms with E-state index in [9.17, 15) is 0 Å². The van der Waals surface area contributed by atoms with Crippen LogP contribution in [0.5, 0.6) is 0 Å². The molecule has 0 aromatic heterocycles. The molecule has 0 bridgehead atoms. The van der Waals surface area contributed by atoms with Crippen molar-refractivity contribution in [3.05, 3.63) is 230 Å². The first-order chi connectivity index (χ1) is 34.2. The molecule has 0 spiro atoms. The maximum Gasteiger partial charge on any atom is -1.00 e. The molecule has 0 saturated carbocycles. The fourth-order valence-electron chi connectivity index (χ4n) is 10.5. The molecule has 2 atom stereocenters. The minimum absolute atomic E-state index is 0. The van der Waals surface area contributed by atoms with Crippen LogP contribution in [-0.2, 0) is 23.3 Å². The van der Waals surface area contributed by atoms with E-state index in [0.717, 1.165) is 12.8 Å². The van der Waals surface area contributed by atoms with Crippen LogP contribution in [0, 0.1) is 0 Å². The molecule has 72 heavy (non-hydrogen) atoms. The maximum atomic E-state index is 2.44. The maximum absolute atomic E-state index is 2.44. The summed E-state index contributed by atoms with van der Waals surface area (Å²) < 4.78 is 0. The van der Waals surface area contributed by atoms with E-state index in [1.165, 1.54) is 120 Å². The van der Waals surface area contributed by atoms with Gasteiger partial charge in [0.2, 0.25) is 0 Å². The van der Waals surface area contributed by atoms with Gasteiger partial charge in [-0.1, -0.05) is 268 Å². The molecule has 0 heterocycles. The smallest absolute Gasteiger partial charge is 1.00 e. The number of rotatable bonds is 8. The van der Waals surface area contributed by atoms with Crippen LogP contribution in [0.2, 0.25) is 13.1 Å². The third kappa shape index (κ3) is 10.5. The fraction of sp³-hybridized carbons (Fsp3) is 0.147. The van der Waals surface area contributed by atoms with Gasteiger partial charge in [0.1, 0.15) is 0 Å². The zero-order chi connectivity index (χ0) is 48.3. The number of benzene rings is 10. The van der Waals surface area contributed by atoms with Gasteiger partial charge >= 0.3 is 41.9 Å². The van der Waals surface area contributed by atoms with Gasteiger partial charge in [0.05, 0.1) is 0 Å². The van der Waals surface area contributed by atoms with Crippen molar-refractivity contribution in [3.63, 3.8) is 0 Å². The Kier molecular flexibility index (Phi) is 17.0. The molecule has 0 aliphatic carbocycles. The SMILES string of the molecule is CCC(C)c1cc2c(-c3cccc4ccccc34)ccc(-c3cccc4ccccc34)c2[cH-]1.CCC(C)c1cc2c(-c3cccc4ccccc34)ccc(-c3cccc4ccccc34)c2[cH-]1.C[Si](C)=[Zr+2].[Cl-].[Cl-]. The fourth-order valence-corrected chi connectivity index (χ4v) is 10.5. The average molecular weight is 1070 g/mol. The van der Waals surface area contributed by atoms with Crippen LogP contribution in [0.1, 0.15) is 63.5 Å². The Labute approximate surface area is 454 Å². The number of halogens is 2. The molecular formula is C68H60Cl2SiZr-2. The number of hydrogen-bond donors (Lipinski definition) is 0. The molecule has 0 radical (unpaired) electrons. The molecule has 0 fully saturated rings. The molecule has 0 saturated heterocycles. The van der Waals surface area contributed by atoms with Crippen LogP contribution in [0.4, 0.5) is 0 Å². The third-order valence-electron chi connectivity index (χ3n) is 14.5. The van der Waals surface area contributed by atoms with Gasteiger partial charge in [0, 0.05) is 0 Å². The Bertz CT molecular complexity index is 3350. The first kappa shape index (κ1) is 52.5. The second-order valence-corrected chi connectivity index (χ2v) is 28.7. The minimum atomic E-state index is 0. The summed E-state index contributed by atoms with van der Waals surface area (Å²) in [6.07, 6.45) is 2.28. The Hall–Kier alpha value is -5.86. The van der Waals surface area contributed by atoms with E-state index in [-0.39, 0.29) is 30.2 Å². The van der Waals surface area contributed by atoms with Crippen molar-refractivity contribution in [3.8, 4) is 44.5 Å². The first-order valence-electron chi connectivity index (χ1n) is 25.1. The van der Waals surface area contributed by atoms with Crippen molar-refractivity contribution >= 4 is 70.1 Å². The monoisotopic (exact) mass is 1060 g/mol. The zero-order valence-corrected chi connectivity index (χ0v) is 47.1. The molecule has 2 unspecified atom stereocenters. The van der Waals surface area contributed by atoms with Gasteiger partial charge in [-0.15, -0.1) is 44.8 Å². The summed E-state index contributed by atoms with van der Waals surface area (Å²) in [7, 11) is 0. The summed E-state index contributed by atoms with van der Waals surface area (Å²) in [5, 5.41) is 15.8. The predicted molar refractivity (Wildman–Crippen MR) is 306 cm³/mol. The molecule has 12 rings (SSSR count). The van der Waals surface area contributed by atoms with Crippen molar-refractivity contribution in [1.29, 1.82) is 0 Å². The Morgan fingerprint density at radius 2 is 0.583 bits per heavy atom. The third-order valence-corrected chi connectivity index (χ3v) is 14.5. The summed E-state index contributed by atoms with van der Waals surface area (Å²) in [6.45, 7) is 13.8. The summed E-state index contributed by atoms with van der Waals surface area (Å²) >= 11 is 1.74. The molecule has 4 heteroatoms. The van der Waals surface area contributed by atoms with E-state index in [1.807, 2.05) is 0 Å². The van der Waals surface area contributed by atoms with Crippen LogP contribution < -0.4 is 24.8 Å². The van der Waals surface area contributed by atoms with E-state index in [1.54, 1.807) is 23.3 Å². The molecule has 0 aliphatic heterocycles. The molecule has 356 valence electrons. The normalized spacial score (nSPS) is 11.9. The number of fused-ring (bicyclic) bond motifs is 6. The molecule has 12 aromatic carbocycles. The average Bonchev–Trinajstić information content (AvgIpc) is 4.06. The Balaban J connectivity index is 0.000000175.